The van der Waals surface area contributed by atoms with Gasteiger partial charge in [0.25, 0.3) is 0 Å². The number of fused-ring (bicyclic) bond motifs is 2. The third-order valence-corrected chi connectivity index (χ3v) is 3.69. The fourth-order valence-corrected chi connectivity index (χ4v) is 3.16. The molecule has 0 amide bonds. The van der Waals surface area contributed by atoms with Crippen molar-refractivity contribution in [2.75, 3.05) is 6.61 Å². The summed E-state index contributed by atoms with van der Waals surface area (Å²) in [7, 11) is 0. The molecule has 0 aromatic rings. The number of aliphatic hydroxyl groups is 1. The molecule has 4 heteroatoms. The average Bonchev–Trinajstić information content (AvgIpc) is 2.15. The van der Waals surface area contributed by atoms with E-state index in [9.17, 15) is 9.90 Å². The standard InChI is InChI=1S/C12H21NO3/c1-2-16-11(15)8-12-5-3-4-9(13-12)6-10(14)7-12/h9-10,13-14H,2-8H2,1H3. The lowest BCUT2D eigenvalue weighted by Crippen LogP contribution is -2.60. The molecule has 2 heterocycles. The van der Waals surface area contributed by atoms with Gasteiger partial charge in [-0.25, -0.2) is 0 Å². The SMILES string of the molecule is CCOC(=O)CC12CCCC(CC(O)C1)N2. The molecule has 16 heavy (non-hydrogen) atoms. The molecule has 0 aliphatic carbocycles. The Morgan fingerprint density at radius 1 is 1.62 bits per heavy atom. The minimum Gasteiger partial charge on any atom is -0.466 e. The average molecular weight is 227 g/mol. The number of carbonyl (C=O) groups excluding carboxylic acids is 1. The summed E-state index contributed by atoms with van der Waals surface area (Å²) in [4.78, 5) is 11.6. The van der Waals surface area contributed by atoms with Crippen LogP contribution in [-0.4, -0.2) is 35.4 Å². The van der Waals surface area contributed by atoms with Gasteiger partial charge in [0.2, 0.25) is 0 Å². The molecular formula is C12H21NO3. The maximum absolute atomic E-state index is 11.6. The van der Waals surface area contributed by atoms with Crippen molar-refractivity contribution in [3.8, 4) is 0 Å². The van der Waals surface area contributed by atoms with Crippen LogP contribution in [0.3, 0.4) is 0 Å². The topological polar surface area (TPSA) is 58.6 Å². The molecule has 2 aliphatic heterocycles. The van der Waals surface area contributed by atoms with Gasteiger partial charge in [-0.3, -0.25) is 4.79 Å². The lowest BCUT2D eigenvalue weighted by Gasteiger charge is -2.47. The lowest BCUT2D eigenvalue weighted by atomic mass is 9.73. The Morgan fingerprint density at radius 2 is 2.44 bits per heavy atom. The minimum atomic E-state index is -0.263. The molecule has 2 rings (SSSR count). The van der Waals surface area contributed by atoms with Gasteiger partial charge in [0.1, 0.15) is 0 Å². The normalized spacial score (nSPS) is 38.1. The van der Waals surface area contributed by atoms with Gasteiger partial charge in [0.05, 0.1) is 19.1 Å². The molecule has 0 spiro atoms. The predicted molar refractivity (Wildman–Crippen MR) is 60.0 cm³/mol. The molecule has 3 atom stereocenters. The second kappa shape index (κ2) is 4.72. The van der Waals surface area contributed by atoms with Crippen LogP contribution in [0.25, 0.3) is 0 Å². The van der Waals surface area contributed by atoms with E-state index in [1.165, 1.54) is 0 Å². The Labute approximate surface area is 96.4 Å². The molecule has 92 valence electrons. The second-order valence-corrected chi connectivity index (χ2v) is 5.09. The third-order valence-electron chi connectivity index (χ3n) is 3.69. The molecule has 3 unspecified atom stereocenters. The van der Waals surface area contributed by atoms with Crippen LogP contribution in [0, 0.1) is 0 Å². The monoisotopic (exact) mass is 227 g/mol. The molecule has 0 aromatic carbocycles. The van der Waals surface area contributed by atoms with E-state index < -0.39 is 0 Å². The van der Waals surface area contributed by atoms with Gasteiger partial charge >= 0.3 is 5.97 Å². The highest BCUT2D eigenvalue weighted by Gasteiger charge is 2.43. The van der Waals surface area contributed by atoms with Crippen molar-refractivity contribution in [3.05, 3.63) is 0 Å². The Hall–Kier alpha value is -0.610. The van der Waals surface area contributed by atoms with Crippen LogP contribution >= 0.6 is 0 Å². The Morgan fingerprint density at radius 3 is 3.19 bits per heavy atom. The van der Waals surface area contributed by atoms with Crippen molar-refractivity contribution in [2.45, 2.75) is 63.1 Å². The predicted octanol–water partition coefficient (Wildman–Crippen LogP) is 0.975. The molecule has 2 N–H and O–H groups in total. The number of hydrogen-bond donors (Lipinski definition) is 2. The summed E-state index contributed by atoms with van der Waals surface area (Å²) in [6.07, 6.45) is 4.87. The van der Waals surface area contributed by atoms with Crippen molar-refractivity contribution in [1.29, 1.82) is 0 Å². The van der Waals surface area contributed by atoms with Crippen molar-refractivity contribution in [3.63, 3.8) is 0 Å². The van der Waals surface area contributed by atoms with Crippen molar-refractivity contribution in [2.24, 2.45) is 0 Å². The highest BCUT2D eigenvalue weighted by molar-refractivity contribution is 5.71. The second-order valence-electron chi connectivity index (χ2n) is 5.09. The van der Waals surface area contributed by atoms with Crippen LogP contribution in [0.4, 0.5) is 0 Å². The number of nitrogens with one attached hydrogen (secondary N) is 1. The van der Waals surface area contributed by atoms with E-state index in [4.69, 9.17) is 4.74 Å². The smallest absolute Gasteiger partial charge is 0.307 e. The first-order valence-electron chi connectivity index (χ1n) is 6.25. The van der Waals surface area contributed by atoms with Crippen LogP contribution < -0.4 is 5.32 Å². The zero-order valence-corrected chi connectivity index (χ0v) is 9.87. The fraction of sp³-hybridized carbons (Fsp3) is 0.917. The van der Waals surface area contributed by atoms with Gasteiger partial charge in [0.15, 0.2) is 0 Å². The molecular weight excluding hydrogens is 206 g/mol. The van der Waals surface area contributed by atoms with Gasteiger partial charge in [-0.2, -0.15) is 0 Å². The van der Waals surface area contributed by atoms with E-state index in [0.29, 0.717) is 25.5 Å². The molecule has 2 aliphatic rings. The summed E-state index contributed by atoms with van der Waals surface area (Å²) >= 11 is 0. The quantitative estimate of drug-likeness (QED) is 0.705. The van der Waals surface area contributed by atoms with Gasteiger partial charge in [0, 0.05) is 11.6 Å². The fourth-order valence-electron chi connectivity index (χ4n) is 3.16. The summed E-state index contributed by atoms with van der Waals surface area (Å²) < 4.78 is 5.01. The van der Waals surface area contributed by atoms with Crippen LogP contribution in [-0.2, 0) is 9.53 Å². The lowest BCUT2D eigenvalue weighted by molar-refractivity contribution is -0.146. The highest BCUT2D eigenvalue weighted by atomic mass is 16.5. The molecule has 0 saturated carbocycles. The third kappa shape index (κ3) is 2.55. The summed E-state index contributed by atoms with van der Waals surface area (Å²) in [5.41, 5.74) is -0.202. The van der Waals surface area contributed by atoms with Crippen molar-refractivity contribution in [1.82, 2.24) is 5.32 Å². The first kappa shape index (κ1) is 11.9. The van der Waals surface area contributed by atoms with Gasteiger partial charge < -0.3 is 15.2 Å². The Kier molecular flexibility index (Phi) is 3.50. The molecule has 2 saturated heterocycles. The number of carbonyl (C=O) groups is 1. The number of esters is 1. The van der Waals surface area contributed by atoms with Crippen molar-refractivity contribution >= 4 is 5.97 Å². The summed E-state index contributed by atoms with van der Waals surface area (Å²) in [6.45, 7) is 2.25. The largest absolute Gasteiger partial charge is 0.466 e. The molecule has 4 nitrogen and oxygen atoms in total. The van der Waals surface area contributed by atoms with Crippen LogP contribution in [0.15, 0.2) is 0 Å². The first-order chi connectivity index (χ1) is 7.63. The summed E-state index contributed by atoms with van der Waals surface area (Å²) in [5.74, 6) is -0.148. The number of rotatable bonds is 3. The first-order valence-corrected chi connectivity index (χ1v) is 6.25. The van der Waals surface area contributed by atoms with E-state index in [-0.39, 0.29) is 17.6 Å². The summed E-state index contributed by atoms with van der Waals surface area (Å²) in [5, 5.41) is 13.4. The number of ether oxygens (including phenoxy) is 1. The van der Waals surface area contributed by atoms with Crippen LogP contribution in [0.2, 0.25) is 0 Å². The number of hydrogen-bond acceptors (Lipinski definition) is 4. The van der Waals surface area contributed by atoms with Gasteiger partial charge in [-0.15, -0.1) is 0 Å². The van der Waals surface area contributed by atoms with E-state index in [1.807, 2.05) is 6.92 Å². The highest BCUT2D eigenvalue weighted by Crippen LogP contribution is 2.36. The molecule has 0 aromatic heterocycles. The van der Waals surface area contributed by atoms with Crippen LogP contribution in [0.5, 0.6) is 0 Å². The Bertz CT molecular complexity index is 265. The Balaban J connectivity index is 2.00. The van der Waals surface area contributed by atoms with Crippen LogP contribution in [0.1, 0.15) is 45.4 Å². The van der Waals surface area contributed by atoms with Crippen molar-refractivity contribution < 1.29 is 14.6 Å². The van der Waals surface area contributed by atoms with Gasteiger partial charge in [-0.05, 0) is 32.6 Å². The number of aliphatic hydroxyl groups excluding tert-OH is 1. The summed E-state index contributed by atoms with van der Waals surface area (Å²) in [6, 6.07) is 0.381. The van der Waals surface area contributed by atoms with E-state index in [0.717, 1.165) is 25.7 Å². The number of piperidine rings is 2. The zero-order valence-electron chi connectivity index (χ0n) is 9.87. The van der Waals surface area contributed by atoms with E-state index in [1.54, 1.807) is 0 Å². The molecule has 0 radical (unpaired) electrons. The molecule has 2 fully saturated rings. The minimum absolute atomic E-state index is 0.148. The van der Waals surface area contributed by atoms with E-state index in [2.05, 4.69) is 5.32 Å². The van der Waals surface area contributed by atoms with Gasteiger partial charge in [-0.1, -0.05) is 6.42 Å². The zero-order chi connectivity index (χ0) is 11.6. The molecule has 2 bridgehead atoms. The maximum atomic E-state index is 11.6. The maximum Gasteiger partial charge on any atom is 0.307 e. The van der Waals surface area contributed by atoms with E-state index >= 15 is 0 Å².